The third-order valence-electron chi connectivity index (χ3n) is 9.70. The number of pyridine rings is 4. The van der Waals surface area contributed by atoms with Gasteiger partial charge >= 0.3 is 0 Å². The van der Waals surface area contributed by atoms with Crippen molar-refractivity contribution in [2.75, 3.05) is 0 Å². The Hall–Kier alpha value is -5.27. The van der Waals surface area contributed by atoms with Crippen LogP contribution in [0.15, 0.2) is 118 Å². The number of benzene rings is 3. The van der Waals surface area contributed by atoms with Gasteiger partial charge in [-0.15, -0.1) is 18.2 Å². The van der Waals surface area contributed by atoms with Gasteiger partial charge in [0.05, 0.1) is 19.2 Å². The molecule has 9 rings (SSSR count). The number of fused-ring (bicyclic) bond motifs is 6. The van der Waals surface area contributed by atoms with Gasteiger partial charge in [0.15, 0.2) is 0 Å². The maximum absolute atomic E-state index is 8.76. The van der Waals surface area contributed by atoms with E-state index in [0.29, 0.717) is 50.7 Å². The molecule has 9 aromatic rings. The largest absolute Gasteiger partial charge is 0.500 e. The number of para-hydroxylation sites is 1. The van der Waals surface area contributed by atoms with Gasteiger partial charge in [0, 0.05) is 57.2 Å². The first-order valence-electron chi connectivity index (χ1n) is 21.7. The van der Waals surface area contributed by atoms with Crippen molar-refractivity contribution in [3.8, 4) is 33.6 Å². The van der Waals surface area contributed by atoms with E-state index in [-0.39, 0.29) is 31.6 Å². The third kappa shape index (κ3) is 8.00. The molecule has 0 amide bonds. The van der Waals surface area contributed by atoms with Gasteiger partial charge in [-0.2, -0.15) is 0 Å². The molecule has 0 unspecified atom stereocenters. The number of aryl methyl sites for hydroxylation is 1. The number of furan rings is 2. The summed E-state index contributed by atoms with van der Waals surface area (Å²) in [7, 11) is -1.79. The van der Waals surface area contributed by atoms with E-state index in [1.165, 1.54) is 6.20 Å². The maximum atomic E-state index is 8.76. The second-order valence-electron chi connectivity index (χ2n) is 15.5. The molecular formula is C49H46IrN4O2Si-2. The summed E-state index contributed by atoms with van der Waals surface area (Å²) in [5.74, 6) is -1.00. The van der Waals surface area contributed by atoms with Gasteiger partial charge < -0.3 is 23.8 Å². The van der Waals surface area contributed by atoms with Crippen LogP contribution in [0.1, 0.15) is 58.6 Å². The summed E-state index contributed by atoms with van der Waals surface area (Å²) in [4.78, 5) is 18.0. The second-order valence-corrected chi connectivity index (χ2v) is 20.5. The van der Waals surface area contributed by atoms with Crippen molar-refractivity contribution in [2.24, 2.45) is 5.92 Å². The molecule has 0 atom stereocenters. The molecule has 0 spiro atoms. The molecule has 6 heterocycles. The minimum absolute atomic E-state index is 0. The Morgan fingerprint density at radius 3 is 2.26 bits per heavy atom. The first-order valence-corrected chi connectivity index (χ1v) is 22.2. The Morgan fingerprint density at radius 2 is 1.51 bits per heavy atom. The number of hydrogen-bond donors (Lipinski definition) is 0. The number of aromatic nitrogens is 4. The van der Waals surface area contributed by atoms with Crippen LogP contribution in [0.2, 0.25) is 19.6 Å². The van der Waals surface area contributed by atoms with E-state index in [1.54, 1.807) is 32.2 Å². The fourth-order valence-corrected chi connectivity index (χ4v) is 8.33. The van der Waals surface area contributed by atoms with Crippen LogP contribution in [0.3, 0.4) is 0 Å². The first kappa shape index (κ1) is 32.8. The fourth-order valence-electron chi connectivity index (χ4n) is 6.92. The van der Waals surface area contributed by atoms with Gasteiger partial charge in [0.1, 0.15) is 5.58 Å². The average molecular weight is 949 g/mol. The summed E-state index contributed by atoms with van der Waals surface area (Å²) in [6.07, 6.45) is 6.61. The van der Waals surface area contributed by atoms with Crippen LogP contribution >= 0.6 is 0 Å². The molecule has 6 nitrogen and oxygen atoms in total. The Bertz CT molecular complexity index is 3120. The molecular weight excluding hydrogens is 897 g/mol. The molecule has 0 fully saturated rings. The van der Waals surface area contributed by atoms with Gasteiger partial charge in [0.25, 0.3) is 0 Å². The molecule has 0 N–H and O–H groups in total. The van der Waals surface area contributed by atoms with Crippen molar-refractivity contribution in [1.82, 2.24) is 19.9 Å². The summed E-state index contributed by atoms with van der Waals surface area (Å²) in [5.41, 5.74) is 7.93. The Balaban J connectivity index is 0.000000188. The zero-order chi connectivity index (χ0) is 44.4. The molecule has 6 aromatic heterocycles. The monoisotopic (exact) mass is 949 g/mol. The molecule has 0 aliphatic carbocycles. The van der Waals surface area contributed by atoms with E-state index >= 15 is 0 Å². The van der Waals surface area contributed by atoms with Crippen LogP contribution in [0.5, 0.6) is 0 Å². The molecule has 8 heteroatoms. The van der Waals surface area contributed by atoms with Crippen molar-refractivity contribution < 1.29 is 37.2 Å². The summed E-state index contributed by atoms with van der Waals surface area (Å²) >= 11 is 0. The van der Waals surface area contributed by atoms with E-state index in [4.69, 9.17) is 22.0 Å². The molecule has 0 aliphatic heterocycles. The number of hydrogen-bond acceptors (Lipinski definition) is 6. The molecule has 289 valence electrons. The second kappa shape index (κ2) is 16.3. The van der Waals surface area contributed by atoms with Crippen LogP contribution in [0.25, 0.3) is 77.6 Å². The SMILES string of the molecule is [2H]C([2H])([2H])c1cnc(-c2[c-]ccc3c2oc2nc(C([2H])(C)C)ccc23)cc1-c1ccccc1.[2H]C([2H])(c1cc(-c2[c-]ncc3c2oc2ccccc23)ncc1[Si](C)(C)C)C(C)C.[Ir]. The van der Waals surface area contributed by atoms with Crippen molar-refractivity contribution in [3.63, 3.8) is 0 Å². The summed E-state index contributed by atoms with van der Waals surface area (Å²) in [6, 6.07) is 31.6. The first-order chi connectivity index (χ1) is 29.2. The van der Waals surface area contributed by atoms with Gasteiger partial charge in [-0.3, -0.25) is 0 Å². The van der Waals surface area contributed by atoms with Crippen molar-refractivity contribution in [2.45, 2.75) is 66.5 Å². The van der Waals surface area contributed by atoms with Gasteiger partial charge in [-0.25, -0.2) is 4.98 Å². The van der Waals surface area contributed by atoms with E-state index in [2.05, 4.69) is 46.9 Å². The van der Waals surface area contributed by atoms with Crippen molar-refractivity contribution >= 4 is 57.3 Å². The van der Waals surface area contributed by atoms with E-state index in [9.17, 15) is 0 Å². The zero-order valence-electron chi connectivity index (χ0n) is 38.9. The minimum Gasteiger partial charge on any atom is -0.500 e. The standard InChI is InChI=1S/C26H21N2O.C23H25N2OSi.Ir/c1-16(2)23-13-12-20-19-10-7-11-21(25(19)29-26(20)28-23)24-14-22(17(3)15-27-24)18-8-5-4-6-9-18;1-15(2)10-16-11-20(25-14-22(16)27(3,4)5)19-13-24-12-18-17-8-6-7-9-21(17)26-23(18)19;/h4-10,12-16H,1-3H3;6-9,11-12,14-15H,10H2,1-5H3;/q2*-1;/i3D3,16D;10D2;. The van der Waals surface area contributed by atoms with Gasteiger partial charge in [-0.1, -0.05) is 130 Å². The average Bonchev–Trinajstić information content (AvgIpc) is 3.81. The van der Waals surface area contributed by atoms with Crippen LogP contribution in [0, 0.1) is 25.0 Å². The maximum Gasteiger partial charge on any atom is 0.216 e. The van der Waals surface area contributed by atoms with Crippen LogP contribution in [-0.4, -0.2) is 28.0 Å². The predicted molar refractivity (Wildman–Crippen MR) is 233 cm³/mol. The van der Waals surface area contributed by atoms with Crippen LogP contribution in [0.4, 0.5) is 0 Å². The minimum atomic E-state index is -2.30. The summed E-state index contributed by atoms with van der Waals surface area (Å²) in [6.45, 7) is 11.8. The zero-order valence-corrected chi connectivity index (χ0v) is 36.3. The van der Waals surface area contributed by atoms with E-state index in [0.717, 1.165) is 43.4 Å². The van der Waals surface area contributed by atoms with Crippen LogP contribution in [-0.2, 0) is 26.5 Å². The van der Waals surface area contributed by atoms with E-state index < -0.39 is 27.2 Å². The Kier molecular flexibility index (Phi) is 9.37. The Morgan fingerprint density at radius 1 is 0.772 bits per heavy atom. The molecule has 57 heavy (non-hydrogen) atoms. The normalized spacial score (nSPS) is 14.0. The number of nitrogens with zero attached hydrogens (tertiary/aromatic N) is 4. The molecule has 0 aliphatic rings. The van der Waals surface area contributed by atoms with Crippen LogP contribution < -0.4 is 5.19 Å². The smallest absolute Gasteiger partial charge is 0.216 e. The summed E-state index contributed by atoms with van der Waals surface area (Å²) < 4.78 is 61.9. The van der Waals surface area contributed by atoms with Crippen molar-refractivity contribution in [1.29, 1.82) is 0 Å². The topological polar surface area (TPSA) is 77.8 Å². The quantitative estimate of drug-likeness (QED) is 0.117. The summed E-state index contributed by atoms with van der Waals surface area (Å²) in [5, 5.41) is 4.67. The van der Waals surface area contributed by atoms with E-state index in [1.807, 2.05) is 98.9 Å². The molecule has 0 bridgehead atoms. The van der Waals surface area contributed by atoms with Gasteiger partial charge in [0.2, 0.25) is 5.71 Å². The molecule has 3 aromatic carbocycles. The molecule has 0 saturated carbocycles. The fraction of sp³-hybridized carbons (Fsp3) is 0.224. The molecule has 0 saturated heterocycles. The molecule has 1 radical (unpaired) electrons. The Labute approximate surface area is 357 Å². The van der Waals surface area contributed by atoms with Crippen molar-refractivity contribution in [3.05, 3.63) is 139 Å². The number of rotatable bonds is 7. The third-order valence-corrected chi connectivity index (χ3v) is 11.7. The predicted octanol–water partition coefficient (Wildman–Crippen LogP) is 12.5. The van der Waals surface area contributed by atoms with Gasteiger partial charge in [-0.05, 0) is 94.3 Å².